The quantitative estimate of drug-likeness (QED) is 0.151. The summed E-state index contributed by atoms with van der Waals surface area (Å²) in [4.78, 5) is 3.82. The molecule has 0 fully saturated rings. The van der Waals surface area contributed by atoms with E-state index in [0.717, 1.165) is 22.6 Å². The second-order valence-electron chi connectivity index (χ2n) is 3.09. The van der Waals surface area contributed by atoms with Gasteiger partial charge >= 0.3 is 0 Å². The molecule has 0 atom stereocenters. The van der Waals surface area contributed by atoms with E-state index in [1.165, 1.54) is 0 Å². The predicted molar refractivity (Wildman–Crippen MR) is 66.8 cm³/mol. The highest BCUT2D eigenvalue weighted by Gasteiger charge is 1.97. The first-order valence-corrected chi connectivity index (χ1v) is 5.80. The average molecular weight is 235 g/mol. The Morgan fingerprint density at radius 2 is 2.12 bits per heavy atom. The summed E-state index contributed by atoms with van der Waals surface area (Å²) < 4.78 is 0. The van der Waals surface area contributed by atoms with Crippen LogP contribution in [0.4, 0.5) is 0 Å². The van der Waals surface area contributed by atoms with E-state index in [2.05, 4.69) is 10.0 Å². The van der Waals surface area contributed by atoms with Gasteiger partial charge < -0.3 is 5.73 Å². The van der Waals surface area contributed by atoms with Gasteiger partial charge in [0.2, 0.25) is 0 Å². The molecule has 5 nitrogen and oxygen atoms in total. The summed E-state index contributed by atoms with van der Waals surface area (Å²) in [6.07, 6.45) is 0.864. The number of azide groups is 1. The number of hydrogen-bond donors (Lipinski definition) is 2. The van der Waals surface area contributed by atoms with Gasteiger partial charge in [-0.2, -0.15) is 0 Å². The van der Waals surface area contributed by atoms with Crippen LogP contribution in [0.1, 0.15) is 12.0 Å². The molecule has 84 valence electrons. The van der Waals surface area contributed by atoms with Crippen LogP contribution in [0.25, 0.3) is 10.4 Å². The first kappa shape index (κ1) is 12.4. The molecule has 0 bridgehead atoms. The minimum atomic E-state index is 0.0832. The molecule has 1 aromatic carbocycles. The molecule has 0 heterocycles. The van der Waals surface area contributed by atoms with Gasteiger partial charge in [-0.3, -0.25) is 5.41 Å². The topological polar surface area (TPSA) is 98.6 Å². The Kier molecular flexibility index (Phi) is 5.25. The highest BCUT2D eigenvalue weighted by atomic mass is 32.2. The Hall–Kier alpha value is -1.65. The van der Waals surface area contributed by atoms with Crippen molar-refractivity contribution in [1.82, 2.24) is 0 Å². The van der Waals surface area contributed by atoms with Crippen LogP contribution in [-0.4, -0.2) is 18.1 Å². The fraction of sp³-hybridized carbons (Fsp3) is 0.300. The molecular formula is C10H13N5S. The second-order valence-corrected chi connectivity index (χ2v) is 4.26. The van der Waals surface area contributed by atoms with Crippen molar-refractivity contribution < 1.29 is 0 Å². The van der Waals surface area contributed by atoms with Crippen molar-refractivity contribution in [3.63, 3.8) is 0 Å². The maximum Gasteiger partial charge on any atom is 0.122 e. The molecular weight excluding hydrogens is 222 g/mol. The Balaban J connectivity index is 2.37. The van der Waals surface area contributed by atoms with Crippen LogP contribution in [-0.2, 0) is 0 Å². The highest BCUT2D eigenvalue weighted by molar-refractivity contribution is 7.99. The maximum absolute atomic E-state index is 8.08. The number of amidine groups is 1. The van der Waals surface area contributed by atoms with Crippen LogP contribution in [0.2, 0.25) is 0 Å². The van der Waals surface area contributed by atoms with E-state index < -0.39 is 0 Å². The molecule has 1 aromatic rings. The Morgan fingerprint density at radius 3 is 2.69 bits per heavy atom. The molecule has 0 saturated heterocycles. The van der Waals surface area contributed by atoms with Crippen molar-refractivity contribution in [1.29, 1.82) is 5.41 Å². The molecule has 0 unspecified atom stereocenters. The zero-order chi connectivity index (χ0) is 11.8. The van der Waals surface area contributed by atoms with Crippen molar-refractivity contribution in [3.8, 4) is 0 Å². The van der Waals surface area contributed by atoms with Gasteiger partial charge in [0.1, 0.15) is 5.84 Å². The lowest BCUT2D eigenvalue weighted by molar-refractivity contribution is 0.932. The number of nitrogens with two attached hydrogens (primary N) is 1. The van der Waals surface area contributed by atoms with Gasteiger partial charge in [0.05, 0.1) is 0 Å². The van der Waals surface area contributed by atoms with Gasteiger partial charge in [0, 0.05) is 21.9 Å². The number of nitrogen functional groups attached to an aromatic ring is 1. The van der Waals surface area contributed by atoms with E-state index in [9.17, 15) is 0 Å². The standard InChI is InChI=1S/C10H13N5S/c11-10(12)8-2-4-9(5-3-8)16-7-1-6-14-15-13/h2-5H,1,6-7H2,(H3,11,12). The van der Waals surface area contributed by atoms with Crippen molar-refractivity contribution in [3.05, 3.63) is 40.3 Å². The van der Waals surface area contributed by atoms with Gasteiger partial charge in [-0.1, -0.05) is 17.2 Å². The molecule has 6 heteroatoms. The maximum atomic E-state index is 8.08. The van der Waals surface area contributed by atoms with Gasteiger partial charge in [-0.25, -0.2) is 0 Å². The van der Waals surface area contributed by atoms with Gasteiger partial charge in [0.25, 0.3) is 0 Å². The van der Waals surface area contributed by atoms with Gasteiger partial charge in [-0.05, 0) is 29.8 Å². The zero-order valence-corrected chi connectivity index (χ0v) is 9.57. The predicted octanol–water partition coefficient (Wildman–Crippen LogP) is 2.76. The molecule has 0 aliphatic carbocycles. The van der Waals surface area contributed by atoms with Crippen molar-refractivity contribution >= 4 is 17.6 Å². The summed E-state index contributed by atoms with van der Waals surface area (Å²) in [5, 5.41) is 10.7. The van der Waals surface area contributed by atoms with Crippen molar-refractivity contribution in [2.75, 3.05) is 12.3 Å². The van der Waals surface area contributed by atoms with Gasteiger partial charge in [0.15, 0.2) is 0 Å². The Bertz CT molecular complexity index is 394. The normalized spacial score (nSPS) is 9.50. The fourth-order valence-corrected chi connectivity index (χ4v) is 1.94. The Morgan fingerprint density at radius 1 is 1.44 bits per heavy atom. The molecule has 0 aliphatic heterocycles. The number of nitrogens with zero attached hydrogens (tertiary/aromatic N) is 3. The largest absolute Gasteiger partial charge is 0.384 e. The lowest BCUT2D eigenvalue weighted by atomic mass is 10.2. The lowest BCUT2D eigenvalue weighted by Crippen LogP contribution is -2.10. The van der Waals surface area contributed by atoms with Crippen LogP contribution in [0, 0.1) is 5.41 Å². The SMILES string of the molecule is [N-]=[N+]=NCCCSc1ccc(C(=N)N)cc1. The number of hydrogen-bond acceptors (Lipinski definition) is 3. The molecule has 0 aromatic heterocycles. The summed E-state index contributed by atoms with van der Waals surface area (Å²) in [5.41, 5.74) is 14.2. The van der Waals surface area contributed by atoms with Crippen LogP contribution < -0.4 is 5.73 Å². The minimum absolute atomic E-state index is 0.0832. The third kappa shape index (κ3) is 4.25. The number of nitrogens with one attached hydrogen (secondary N) is 1. The van der Waals surface area contributed by atoms with E-state index in [1.807, 2.05) is 24.3 Å². The van der Waals surface area contributed by atoms with Crippen molar-refractivity contribution in [2.24, 2.45) is 10.8 Å². The summed E-state index contributed by atoms with van der Waals surface area (Å²) in [5.74, 6) is 0.998. The summed E-state index contributed by atoms with van der Waals surface area (Å²) in [7, 11) is 0. The molecule has 3 N–H and O–H groups in total. The van der Waals surface area contributed by atoms with Crippen LogP contribution in [0.15, 0.2) is 34.3 Å². The van der Waals surface area contributed by atoms with E-state index in [-0.39, 0.29) is 5.84 Å². The second kappa shape index (κ2) is 6.76. The molecule has 0 amide bonds. The smallest absolute Gasteiger partial charge is 0.122 e. The van der Waals surface area contributed by atoms with E-state index >= 15 is 0 Å². The van der Waals surface area contributed by atoms with Crippen LogP contribution in [0.3, 0.4) is 0 Å². The Labute approximate surface area is 98.2 Å². The molecule has 1 rings (SSSR count). The molecule has 0 spiro atoms. The number of benzene rings is 1. The molecule has 16 heavy (non-hydrogen) atoms. The molecule has 0 radical (unpaired) electrons. The minimum Gasteiger partial charge on any atom is -0.384 e. The third-order valence-electron chi connectivity index (χ3n) is 1.90. The van der Waals surface area contributed by atoms with E-state index in [4.69, 9.17) is 16.7 Å². The van der Waals surface area contributed by atoms with Gasteiger partial charge in [-0.15, -0.1) is 11.8 Å². The lowest BCUT2D eigenvalue weighted by Gasteiger charge is -2.02. The average Bonchev–Trinajstić information content (AvgIpc) is 2.29. The fourth-order valence-electron chi connectivity index (χ4n) is 1.10. The third-order valence-corrected chi connectivity index (χ3v) is 3.00. The molecule has 0 saturated carbocycles. The van der Waals surface area contributed by atoms with E-state index in [1.54, 1.807) is 11.8 Å². The van der Waals surface area contributed by atoms with Crippen LogP contribution >= 0.6 is 11.8 Å². The van der Waals surface area contributed by atoms with Crippen LogP contribution in [0.5, 0.6) is 0 Å². The summed E-state index contributed by atoms with van der Waals surface area (Å²) in [6, 6.07) is 7.54. The first-order chi connectivity index (χ1) is 7.74. The number of thioether (sulfide) groups is 1. The molecule has 0 aliphatic rings. The summed E-state index contributed by atoms with van der Waals surface area (Å²) in [6.45, 7) is 0.537. The van der Waals surface area contributed by atoms with E-state index in [0.29, 0.717) is 6.54 Å². The zero-order valence-electron chi connectivity index (χ0n) is 8.76. The number of rotatable bonds is 6. The summed E-state index contributed by atoms with van der Waals surface area (Å²) >= 11 is 1.70. The highest BCUT2D eigenvalue weighted by Crippen LogP contribution is 2.19. The first-order valence-electron chi connectivity index (χ1n) is 4.82. The monoisotopic (exact) mass is 235 g/mol. The van der Waals surface area contributed by atoms with Crippen molar-refractivity contribution in [2.45, 2.75) is 11.3 Å².